The first-order valence-corrected chi connectivity index (χ1v) is 10.1. The van der Waals surface area contributed by atoms with Crippen molar-refractivity contribution in [1.82, 2.24) is 5.32 Å². The molecule has 2 unspecified atom stereocenters. The Morgan fingerprint density at radius 3 is 2.57 bits per heavy atom. The number of hydrogen-bond donors (Lipinski definition) is 2. The fraction of sp³-hybridized carbons (Fsp3) is 0.812. The lowest BCUT2D eigenvalue weighted by atomic mass is 9.94. The van der Waals surface area contributed by atoms with Crippen LogP contribution >= 0.6 is 0 Å². The molecule has 0 heterocycles. The molecule has 2 rings (SSSR count). The minimum atomic E-state index is -4.18. The number of ether oxygens (including phenoxy) is 1. The average molecular weight is 345 g/mol. The molecule has 1 fully saturated rings. The highest BCUT2D eigenvalue weighted by molar-refractivity contribution is 7.85. The number of carbonyl (C=O) groups excluding carboxylic acids is 1. The van der Waals surface area contributed by atoms with Crippen LogP contribution in [0.15, 0.2) is 12.2 Å². The van der Waals surface area contributed by atoms with E-state index in [2.05, 4.69) is 5.32 Å². The summed E-state index contributed by atoms with van der Waals surface area (Å²) in [5, 5.41) is 3.29. The first-order valence-electron chi connectivity index (χ1n) is 8.48. The van der Waals surface area contributed by atoms with Crippen molar-refractivity contribution in [3.05, 3.63) is 12.2 Å². The van der Waals surface area contributed by atoms with Gasteiger partial charge in [-0.15, -0.1) is 0 Å². The van der Waals surface area contributed by atoms with Crippen molar-refractivity contribution in [2.45, 2.75) is 63.5 Å². The minimum Gasteiger partial charge on any atom is -0.460 e. The molecular weight excluding hydrogens is 318 g/mol. The van der Waals surface area contributed by atoms with Crippen LogP contribution in [0.5, 0.6) is 0 Å². The van der Waals surface area contributed by atoms with Gasteiger partial charge in [0, 0.05) is 12.6 Å². The third kappa shape index (κ3) is 7.01. The molecule has 23 heavy (non-hydrogen) atoms. The Labute approximate surface area is 138 Å². The predicted molar refractivity (Wildman–Crippen MR) is 87.7 cm³/mol. The second kappa shape index (κ2) is 8.80. The van der Waals surface area contributed by atoms with E-state index in [1.807, 2.05) is 12.2 Å². The zero-order valence-corrected chi connectivity index (χ0v) is 14.3. The predicted octanol–water partition coefficient (Wildman–Crippen LogP) is 2.06. The number of nitrogens with one attached hydrogen (secondary N) is 1. The molecule has 1 saturated carbocycles. The van der Waals surface area contributed by atoms with E-state index in [-0.39, 0.29) is 18.4 Å². The van der Waals surface area contributed by atoms with Gasteiger partial charge < -0.3 is 10.1 Å². The van der Waals surface area contributed by atoms with Gasteiger partial charge in [-0.1, -0.05) is 31.4 Å². The van der Waals surface area contributed by atoms with Gasteiger partial charge in [0.05, 0.1) is 5.92 Å². The molecule has 0 spiro atoms. The summed E-state index contributed by atoms with van der Waals surface area (Å²) in [5.74, 6) is -1.13. The van der Waals surface area contributed by atoms with Crippen molar-refractivity contribution in [3.63, 3.8) is 0 Å². The molecule has 0 aromatic rings. The summed E-state index contributed by atoms with van der Waals surface area (Å²) in [4.78, 5) is 12.2. The summed E-state index contributed by atoms with van der Waals surface area (Å²) in [5.41, 5.74) is 0. The standard InChI is InChI=1S/C16H27NO5S/c18-16(13-7-3-1-4-8-13)22-15(12-23(19,20)21)11-17-14-9-5-2-6-10-14/h1,3,13-15,17H,2,4-12H2,(H,19,20,21). The Kier molecular flexibility index (Phi) is 7.05. The van der Waals surface area contributed by atoms with Gasteiger partial charge in [-0.2, -0.15) is 8.42 Å². The molecule has 0 saturated heterocycles. The van der Waals surface area contributed by atoms with Crippen LogP contribution in [-0.4, -0.2) is 43.4 Å². The molecule has 0 aliphatic heterocycles. The maximum atomic E-state index is 12.2. The van der Waals surface area contributed by atoms with Gasteiger partial charge in [0.2, 0.25) is 0 Å². The first-order chi connectivity index (χ1) is 10.9. The van der Waals surface area contributed by atoms with Crippen LogP contribution in [0.25, 0.3) is 0 Å². The minimum absolute atomic E-state index is 0.210. The monoisotopic (exact) mass is 345 g/mol. The van der Waals surface area contributed by atoms with Crippen molar-refractivity contribution in [3.8, 4) is 0 Å². The van der Waals surface area contributed by atoms with Gasteiger partial charge in [-0.25, -0.2) is 0 Å². The molecule has 2 aliphatic rings. The summed E-state index contributed by atoms with van der Waals surface area (Å²) < 4.78 is 36.8. The lowest BCUT2D eigenvalue weighted by Gasteiger charge is -2.26. The summed E-state index contributed by atoms with van der Waals surface area (Å²) >= 11 is 0. The number of allylic oxidation sites excluding steroid dienone is 2. The van der Waals surface area contributed by atoms with E-state index in [0.717, 1.165) is 38.5 Å². The van der Waals surface area contributed by atoms with Crippen LogP contribution in [-0.2, 0) is 19.6 Å². The van der Waals surface area contributed by atoms with Crippen LogP contribution in [0.2, 0.25) is 0 Å². The van der Waals surface area contributed by atoms with E-state index in [4.69, 9.17) is 9.29 Å². The fourth-order valence-electron chi connectivity index (χ4n) is 3.24. The molecule has 0 aromatic carbocycles. The largest absolute Gasteiger partial charge is 0.460 e. The quantitative estimate of drug-likeness (QED) is 0.417. The molecular formula is C16H27NO5S. The van der Waals surface area contributed by atoms with Crippen molar-refractivity contribution < 1.29 is 22.5 Å². The molecule has 132 valence electrons. The molecule has 0 radical (unpaired) electrons. The fourth-order valence-corrected chi connectivity index (χ4v) is 3.90. The van der Waals surface area contributed by atoms with Gasteiger partial charge in [0.1, 0.15) is 11.9 Å². The highest BCUT2D eigenvalue weighted by atomic mass is 32.2. The van der Waals surface area contributed by atoms with Crippen LogP contribution in [0.1, 0.15) is 51.4 Å². The van der Waals surface area contributed by atoms with Gasteiger partial charge >= 0.3 is 5.97 Å². The van der Waals surface area contributed by atoms with Crippen LogP contribution in [0.4, 0.5) is 0 Å². The Balaban J connectivity index is 1.87. The SMILES string of the molecule is O=C(OC(CNC1CCCCC1)CS(=O)(=O)O)C1CC=CCC1. The smallest absolute Gasteiger partial charge is 0.309 e. The van der Waals surface area contributed by atoms with Crippen molar-refractivity contribution in [2.75, 3.05) is 12.3 Å². The Bertz CT molecular complexity index is 511. The van der Waals surface area contributed by atoms with Gasteiger partial charge in [0.15, 0.2) is 0 Å². The molecule has 0 bridgehead atoms. The lowest BCUT2D eigenvalue weighted by molar-refractivity contribution is -0.153. The van der Waals surface area contributed by atoms with Crippen LogP contribution < -0.4 is 5.32 Å². The third-order valence-electron chi connectivity index (χ3n) is 4.52. The van der Waals surface area contributed by atoms with E-state index in [1.165, 1.54) is 6.42 Å². The summed E-state index contributed by atoms with van der Waals surface area (Å²) in [6, 6.07) is 0.337. The van der Waals surface area contributed by atoms with E-state index >= 15 is 0 Å². The third-order valence-corrected chi connectivity index (χ3v) is 5.31. The highest BCUT2D eigenvalue weighted by Crippen LogP contribution is 2.21. The zero-order chi connectivity index (χ0) is 16.7. The second-order valence-electron chi connectivity index (χ2n) is 6.53. The molecule has 0 aromatic heterocycles. The van der Waals surface area contributed by atoms with Gasteiger partial charge in [-0.05, 0) is 32.1 Å². The summed E-state index contributed by atoms with van der Waals surface area (Å²) in [7, 11) is -4.18. The topological polar surface area (TPSA) is 92.7 Å². The molecule has 2 N–H and O–H groups in total. The molecule has 2 atom stereocenters. The van der Waals surface area contributed by atoms with Crippen molar-refractivity contribution in [1.29, 1.82) is 0 Å². The Morgan fingerprint density at radius 1 is 1.22 bits per heavy atom. The second-order valence-corrected chi connectivity index (χ2v) is 8.03. The lowest BCUT2D eigenvalue weighted by Crippen LogP contribution is -2.42. The molecule has 0 amide bonds. The van der Waals surface area contributed by atoms with Crippen LogP contribution in [0.3, 0.4) is 0 Å². The van der Waals surface area contributed by atoms with Gasteiger partial charge in [-0.3, -0.25) is 9.35 Å². The molecule has 7 heteroatoms. The summed E-state index contributed by atoms with van der Waals surface area (Å²) in [6.07, 6.45) is 11.0. The normalized spacial score (nSPS) is 24.3. The molecule has 2 aliphatic carbocycles. The van der Waals surface area contributed by atoms with Crippen molar-refractivity contribution >= 4 is 16.1 Å². The van der Waals surface area contributed by atoms with Gasteiger partial charge in [0.25, 0.3) is 10.1 Å². The Morgan fingerprint density at radius 2 is 1.96 bits per heavy atom. The number of esters is 1. The number of rotatable bonds is 7. The molecule has 6 nitrogen and oxygen atoms in total. The van der Waals surface area contributed by atoms with E-state index < -0.39 is 22.0 Å². The Hall–Kier alpha value is -0.920. The van der Waals surface area contributed by atoms with Crippen LogP contribution in [0, 0.1) is 5.92 Å². The zero-order valence-electron chi connectivity index (χ0n) is 13.4. The summed E-state index contributed by atoms with van der Waals surface area (Å²) in [6.45, 7) is 0.263. The number of hydrogen-bond acceptors (Lipinski definition) is 5. The van der Waals surface area contributed by atoms with E-state index in [1.54, 1.807) is 0 Å². The number of carbonyl (C=O) groups is 1. The first kappa shape index (κ1) is 18.4. The van der Waals surface area contributed by atoms with E-state index in [0.29, 0.717) is 12.5 Å². The maximum absolute atomic E-state index is 12.2. The average Bonchev–Trinajstić information content (AvgIpc) is 2.53. The maximum Gasteiger partial charge on any atom is 0.309 e. The van der Waals surface area contributed by atoms with Crippen molar-refractivity contribution in [2.24, 2.45) is 5.92 Å². The highest BCUT2D eigenvalue weighted by Gasteiger charge is 2.27. The van der Waals surface area contributed by atoms with E-state index in [9.17, 15) is 13.2 Å².